The molecule has 0 radical (unpaired) electrons. The molecule has 1 aromatic heterocycles. The Morgan fingerprint density at radius 2 is 1.47 bits per heavy atom. The fourth-order valence-corrected chi connectivity index (χ4v) is 4.53. The second-order valence-corrected chi connectivity index (χ2v) is 8.26. The first kappa shape index (κ1) is 21.5. The molecule has 1 aliphatic heterocycles. The van der Waals surface area contributed by atoms with Crippen LogP contribution in [-0.2, 0) is 21.5 Å². The fraction of sp³-hybridized carbons (Fsp3) is 0.148. The molecular formula is C27H24N4O3. The highest BCUT2D eigenvalue weighted by molar-refractivity contribution is 6.11. The molecule has 0 saturated carbocycles. The summed E-state index contributed by atoms with van der Waals surface area (Å²) in [6.07, 6.45) is 2.57. The Labute approximate surface area is 196 Å². The summed E-state index contributed by atoms with van der Waals surface area (Å²) in [6, 6.07) is 25.6. The largest absolute Gasteiger partial charge is 0.361 e. The predicted octanol–water partition coefficient (Wildman–Crippen LogP) is 3.32. The first-order chi connectivity index (χ1) is 16.6. The van der Waals surface area contributed by atoms with Gasteiger partial charge in [-0.2, -0.15) is 0 Å². The number of para-hydroxylation sites is 1. The summed E-state index contributed by atoms with van der Waals surface area (Å²) in [7, 11) is 0. The molecule has 34 heavy (non-hydrogen) atoms. The lowest BCUT2D eigenvalue weighted by Gasteiger charge is -2.28. The van der Waals surface area contributed by atoms with Crippen molar-refractivity contribution in [2.45, 2.75) is 12.0 Å². The molecule has 2 heterocycles. The van der Waals surface area contributed by atoms with Crippen molar-refractivity contribution in [3.05, 3.63) is 108 Å². The number of hydrogen-bond donors (Lipinski definition) is 3. The van der Waals surface area contributed by atoms with E-state index in [1.165, 1.54) is 0 Å². The molecule has 4 aromatic rings. The molecule has 3 aromatic carbocycles. The first-order valence-corrected chi connectivity index (χ1v) is 11.2. The molecule has 4 amide bonds. The van der Waals surface area contributed by atoms with Gasteiger partial charge in [-0.25, -0.2) is 4.79 Å². The Balaban J connectivity index is 1.31. The lowest BCUT2D eigenvalue weighted by Crippen LogP contribution is -2.46. The van der Waals surface area contributed by atoms with Crippen LogP contribution < -0.4 is 10.6 Å². The van der Waals surface area contributed by atoms with Crippen LogP contribution in [0, 0.1) is 0 Å². The first-order valence-electron chi connectivity index (χ1n) is 11.2. The zero-order valence-electron chi connectivity index (χ0n) is 18.5. The van der Waals surface area contributed by atoms with Crippen molar-refractivity contribution in [3.8, 4) is 0 Å². The monoisotopic (exact) mass is 452 g/mol. The molecule has 0 spiro atoms. The highest BCUT2D eigenvalue weighted by atomic mass is 16.2. The SMILES string of the molecule is O=C(CN1C(=O)NC(c2ccccc2)(c2ccccc2)C1=O)NCCc1c[nH]c2ccccc12. The van der Waals surface area contributed by atoms with Crippen LogP contribution in [0.1, 0.15) is 16.7 Å². The number of hydrogen-bond acceptors (Lipinski definition) is 3. The van der Waals surface area contributed by atoms with Gasteiger partial charge < -0.3 is 15.6 Å². The maximum Gasteiger partial charge on any atom is 0.326 e. The number of carbonyl (C=O) groups excluding carboxylic acids is 3. The van der Waals surface area contributed by atoms with E-state index in [0.29, 0.717) is 24.1 Å². The van der Waals surface area contributed by atoms with Gasteiger partial charge in [-0.1, -0.05) is 78.9 Å². The molecule has 7 heteroatoms. The minimum absolute atomic E-state index is 0.347. The standard InChI is InChI=1S/C27H24N4O3/c32-24(28-16-15-19-17-29-23-14-8-7-13-22(19)23)18-31-25(33)27(30-26(31)34,20-9-3-1-4-10-20)21-11-5-2-6-12-21/h1-14,17,29H,15-16,18H2,(H,28,32)(H,30,34). The van der Waals surface area contributed by atoms with Crippen LogP contribution in [0.5, 0.6) is 0 Å². The normalized spacial score (nSPS) is 14.9. The van der Waals surface area contributed by atoms with Crippen LogP contribution >= 0.6 is 0 Å². The summed E-state index contributed by atoms with van der Waals surface area (Å²) < 4.78 is 0. The van der Waals surface area contributed by atoms with Gasteiger partial charge in [-0.05, 0) is 29.2 Å². The fourth-order valence-electron chi connectivity index (χ4n) is 4.53. The quantitative estimate of drug-likeness (QED) is 0.376. The Kier molecular flexibility index (Phi) is 5.59. The molecule has 1 aliphatic rings. The number of amides is 4. The molecule has 170 valence electrons. The number of aromatic amines is 1. The van der Waals surface area contributed by atoms with Crippen LogP contribution in [0.4, 0.5) is 4.79 Å². The number of imide groups is 1. The Hall–Kier alpha value is -4.39. The Morgan fingerprint density at radius 3 is 2.15 bits per heavy atom. The highest BCUT2D eigenvalue weighted by Gasteiger charge is 2.53. The average Bonchev–Trinajstić information content (AvgIpc) is 3.40. The zero-order valence-corrected chi connectivity index (χ0v) is 18.5. The molecule has 0 atom stereocenters. The van der Waals surface area contributed by atoms with E-state index in [1.54, 1.807) is 24.3 Å². The van der Waals surface area contributed by atoms with E-state index in [0.717, 1.165) is 21.4 Å². The number of urea groups is 1. The molecule has 0 aliphatic carbocycles. The van der Waals surface area contributed by atoms with Crippen LogP contribution in [0.25, 0.3) is 10.9 Å². The van der Waals surface area contributed by atoms with E-state index < -0.39 is 17.5 Å². The van der Waals surface area contributed by atoms with Crippen LogP contribution in [0.3, 0.4) is 0 Å². The minimum Gasteiger partial charge on any atom is -0.361 e. The second-order valence-electron chi connectivity index (χ2n) is 8.26. The molecule has 7 nitrogen and oxygen atoms in total. The number of carbonyl (C=O) groups is 3. The van der Waals surface area contributed by atoms with Gasteiger partial charge in [0.15, 0.2) is 5.54 Å². The smallest absolute Gasteiger partial charge is 0.326 e. The van der Waals surface area contributed by atoms with E-state index in [9.17, 15) is 14.4 Å². The third-order valence-corrected chi connectivity index (χ3v) is 6.21. The maximum absolute atomic E-state index is 13.6. The van der Waals surface area contributed by atoms with Gasteiger partial charge in [0.2, 0.25) is 5.91 Å². The van der Waals surface area contributed by atoms with Gasteiger partial charge in [0.1, 0.15) is 6.54 Å². The van der Waals surface area contributed by atoms with Crippen molar-refractivity contribution in [1.82, 2.24) is 20.5 Å². The maximum atomic E-state index is 13.6. The summed E-state index contributed by atoms with van der Waals surface area (Å²) >= 11 is 0. The summed E-state index contributed by atoms with van der Waals surface area (Å²) in [4.78, 5) is 43.4. The molecule has 0 unspecified atom stereocenters. The number of aromatic nitrogens is 1. The second kappa shape index (κ2) is 8.86. The van der Waals surface area contributed by atoms with Crippen molar-refractivity contribution in [3.63, 3.8) is 0 Å². The number of nitrogens with one attached hydrogen (secondary N) is 3. The van der Waals surface area contributed by atoms with E-state index in [4.69, 9.17) is 0 Å². The number of nitrogens with zero attached hydrogens (tertiary/aromatic N) is 1. The van der Waals surface area contributed by atoms with Crippen molar-refractivity contribution < 1.29 is 14.4 Å². The summed E-state index contributed by atoms with van der Waals surface area (Å²) in [5.41, 5.74) is 2.05. The van der Waals surface area contributed by atoms with Crippen LogP contribution in [0.2, 0.25) is 0 Å². The molecule has 0 bridgehead atoms. The van der Waals surface area contributed by atoms with Crippen LogP contribution in [-0.4, -0.2) is 40.8 Å². The van der Waals surface area contributed by atoms with Crippen molar-refractivity contribution in [1.29, 1.82) is 0 Å². The minimum atomic E-state index is -1.37. The number of benzene rings is 3. The van der Waals surface area contributed by atoms with Gasteiger partial charge in [0.05, 0.1) is 0 Å². The number of rotatable bonds is 7. The predicted molar refractivity (Wildman–Crippen MR) is 129 cm³/mol. The summed E-state index contributed by atoms with van der Waals surface area (Å²) in [5, 5.41) is 6.80. The van der Waals surface area contributed by atoms with E-state index in [2.05, 4.69) is 15.6 Å². The highest BCUT2D eigenvalue weighted by Crippen LogP contribution is 2.35. The van der Waals surface area contributed by atoms with Gasteiger partial charge >= 0.3 is 6.03 Å². The van der Waals surface area contributed by atoms with Crippen molar-refractivity contribution >= 4 is 28.7 Å². The lowest BCUT2D eigenvalue weighted by molar-refractivity contribution is -0.134. The van der Waals surface area contributed by atoms with Gasteiger partial charge in [0, 0.05) is 23.6 Å². The third kappa shape index (κ3) is 3.71. The lowest BCUT2D eigenvalue weighted by atomic mass is 9.82. The van der Waals surface area contributed by atoms with E-state index in [1.807, 2.05) is 66.9 Å². The molecule has 5 rings (SSSR count). The molecule has 1 fully saturated rings. The number of fused-ring (bicyclic) bond motifs is 1. The van der Waals surface area contributed by atoms with E-state index in [-0.39, 0.29) is 12.5 Å². The average molecular weight is 453 g/mol. The summed E-state index contributed by atoms with van der Waals surface area (Å²) in [5.74, 6) is -0.859. The van der Waals surface area contributed by atoms with Crippen molar-refractivity contribution in [2.24, 2.45) is 0 Å². The zero-order chi connectivity index (χ0) is 23.5. The molecule has 3 N–H and O–H groups in total. The van der Waals surface area contributed by atoms with Crippen LogP contribution in [0.15, 0.2) is 91.1 Å². The Bertz CT molecular complexity index is 1310. The van der Waals surface area contributed by atoms with Gasteiger partial charge in [-0.3, -0.25) is 14.5 Å². The Morgan fingerprint density at radius 1 is 0.853 bits per heavy atom. The van der Waals surface area contributed by atoms with E-state index >= 15 is 0 Å². The van der Waals surface area contributed by atoms with Crippen molar-refractivity contribution in [2.75, 3.05) is 13.1 Å². The number of H-pyrrole nitrogens is 1. The topological polar surface area (TPSA) is 94.3 Å². The molecular weight excluding hydrogens is 428 g/mol. The summed E-state index contributed by atoms with van der Waals surface area (Å²) in [6.45, 7) is 0.0484. The third-order valence-electron chi connectivity index (χ3n) is 6.21. The van der Waals surface area contributed by atoms with Gasteiger partial charge in [-0.15, -0.1) is 0 Å². The van der Waals surface area contributed by atoms with Gasteiger partial charge in [0.25, 0.3) is 5.91 Å². The molecule has 1 saturated heterocycles.